The summed E-state index contributed by atoms with van der Waals surface area (Å²) >= 11 is 0. The number of likely N-dealkylation sites (tertiary alicyclic amines) is 1. The second-order valence-corrected chi connectivity index (χ2v) is 9.68. The Kier molecular flexibility index (Phi) is 6.02. The molecule has 2 aliphatic rings. The van der Waals surface area contributed by atoms with E-state index in [9.17, 15) is 27.2 Å². The number of hydrogen-bond donors (Lipinski definition) is 1. The number of Topliss-reactive ketones (excluding diaryl/α,β-unsaturated/α-hetero) is 1. The second-order valence-electron chi connectivity index (χ2n) is 9.68. The second kappa shape index (κ2) is 7.94. The first-order chi connectivity index (χ1) is 13.8. The maximum atomic E-state index is 13.6. The molecule has 1 N–H and O–H groups in total. The third-order valence-electron chi connectivity index (χ3n) is 5.98. The molecule has 0 aromatic heterocycles. The monoisotopic (exact) mass is 428 g/mol. The van der Waals surface area contributed by atoms with Crippen molar-refractivity contribution in [3.8, 4) is 0 Å². The molecule has 8 heteroatoms. The van der Waals surface area contributed by atoms with E-state index >= 15 is 0 Å². The molecule has 1 spiro atoms. The number of nitrogens with zero attached hydrogens (tertiary/aromatic N) is 1. The van der Waals surface area contributed by atoms with Crippen molar-refractivity contribution in [3.63, 3.8) is 0 Å². The number of carbonyl (C=O) groups is 2. The summed E-state index contributed by atoms with van der Waals surface area (Å²) in [5, 5.41) is 2.93. The molecule has 3 rings (SSSR count). The average molecular weight is 428 g/mol. The first kappa shape index (κ1) is 22.7. The number of rotatable bonds is 5. The molecule has 2 fully saturated rings. The van der Waals surface area contributed by atoms with Gasteiger partial charge >= 0.3 is 6.18 Å². The van der Waals surface area contributed by atoms with E-state index in [2.05, 4.69) is 10.2 Å². The highest BCUT2D eigenvalue weighted by atomic mass is 19.4. The van der Waals surface area contributed by atoms with Crippen LogP contribution in [-0.4, -0.2) is 41.8 Å². The minimum absolute atomic E-state index is 0.0338. The molecular formula is C22H28F4N2O2. The molecule has 1 aliphatic carbocycles. The lowest BCUT2D eigenvalue weighted by Crippen LogP contribution is -2.47. The van der Waals surface area contributed by atoms with E-state index in [-0.39, 0.29) is 40.5 Å². The average Bonchev–Trinajstić information content (AvgIpc) is 3.28. The minimum Gasteiger partial charge on any atom is -0.350 e. The van der Waals surface area contributed by atoms with Crippen LogP contribution in [0.2, 0.25) is 0 Å². The number of amides is 1. The Labute approximate surface area is 174 Å². The van der Waals surface area contributed by atoms with Crippen LogP contribution in [0.3, 0.4) is 0 Å². The molecule has 0 unspecified atom stereocenters. The molecule has 1 atom stereocenters. The maximum absolute atomic E-state index is 13.6. The van der Waals surface area contributed by atoms with E-state index in [4.69, 9.17) is 0 Å². The summed E-state index contributed by atoms with van der Waals surface area (Å²) in [5.41, 5.74) is -1.41. The predicted molar refractivity (Wildman–Crippen MR) is 104 cm³/mol. The third-order valence-corrected chi connectivity index (χ3v) is 5.98. The van der Waals surface area contributed by atoms with Crippen molar-refractivity contribution in [2.45, 2.75) is 58.2 Å². The van der Waals surface area contributed by atoms with Crippen LogP contribution in [0, 0.1) is 17.2 Å². The van der Waals surface area contributed by atoms with Gasteiger partial charge in [0, 0.05) is 17.9 Å². The normalized spacial score (nSPS) is 21.5. The van der Waals surface area contributed by atoms with Crippen molar-refractivity contribution in [1.29, 1.82) is 0 Å². The summed E-state index contributed by atoms with van der Waals surface area (Å²) in [4.78, 5) is 26.8. The van der Waals surface area contributed by atoms with Gasteiger partial charge in [0.05, 0.1) is 12.1 Å². The van der Waals surface area contributed by atoms with Crippen LogP contribution in [0.25, 0.3) is 0 Å². The van der Waals surface area contributed by atoms with Crippen molar-refractivity contribution in [2.75, 3.05) is 19.6 Å². The number of ketones is 1. The van der Waals surface area contributed by atoms with Crippen LogP contribution in [0.15, 0.2) is 18.2 Å². The Balaban J connectivity index is 1.53. The van der Waals surface area contributed by atoms with Gasteiger partial charge in [-0.1, -0.05) is 0 Å². The zero-order chi connectivity index (χ0) is 22.3. The Bertz CT molecular complexity index is 821. The van der Waals surface area contributed by atoms with Crippen LogP contribution in [0.5, 0.6) is 0 Å². The van der Waals surface area contributed by atoms with E-state index in [0.717, 1.165) is 31.4 Å². The summed E-state index contributed by atoms with van der Waals surface area (Å²) in [6.45, 7) is 7.50. The van der Waals surface area contributed by atoms with Gasteiger partial charge in [-0.05, 0) is 82.3 Å². The summed E-state index contributed by atoms with van der Waals surface area (Å²) < 4.78 is 52.2. The number of alkyl halides is 3. The van der Waals surface area contributed by atoms with E-state index in [1.54, 1.807) is 0 Å². The van der Waals surface area contributed by atoms with E-state index in [1.807, 2.05) is 20.8 Å². The fourth-order valence-electron chi connectivity index (χ4n) is 4.41. The zero-order valence-electron chi connectivity index (χ0n) is 17.5. The van der Waals surface area contributed by atoms with Crippen LogP contribution < -0.4 is 5.32 Å². The summed E-state index contributed by atoms with van der Waals surface area (Å²) in [6, 6.07) is 2.29. The number of carbonyl (C=O) groups excluding carboxylic acids is 2. The van der Waals surface area contributed by atoms with Gasteiger partial charge in [0.2, 0.25) is 5.91 Å². The zero-order valence-corrected chi connectivity index (χ0v) is 17.5. The number of benzene rings is 1. The van der Waals surface area contributed by atoms with Crippen LogP contribution in [0.1, 0.15) is 51.2 Å². The first-order valence-electron chi connectivity index (χ1n) is 10.2. The summed E-state index contributed by atoms with van der Waals surface area (Å²) in [5.74, 6) is -1.35. The molecule has 0 radical (unpaired) electrons. The molecule has 0 bridgehead atoms. The molecule has 1 saturated carbocycles. The van der Waals surface area contributed by atoms with E-state index < -0.39 is 17.6 Å². The summed E-state index contributed by atoms with van der Waals surface area (Å²) in [7, 11) is 0. The molecule has 166 valence electrons. The smallest absolute Gasteiger partial charge is 0.350 e. The molecule has 30 heavy (non-hydrogen) atoms. The topological polar surface area (TPSA) is 49.4 Å². The van der Waals surface area contributed by atoms with Crippen LogP contribution in [-0.2, 0) is 22.2 Å². The van der Waals surface area contributed by atoms with Gasteiger partial charge < -0.3 is 5.32 Å². The molecule has 1 aliphatic heterocycles. The van der Waals surface area contributed by atoms with Crippen molar-refractivity contribution < 1.29 is 27.2 Å². The molecule has 1 amide bonds. The van der Waals surface area contributed by atoms with E-state index in [0.29, 0.717) is 25.7 Å². The molecule has 1 aromatic rings. The van der Waals surface area contributed by atoms with Gasteiger partial charge in [-0.3, -0.25) is 14.5 Å². The number of halogens is 4. The van der Waals surface area contributed by atoms with Crippen molar-refractivity contribution in [2.24, 2.45) is 11.3 Å². The molecule has 1 heterocycles. The Hall–Kier alpha value is -1.96. The van der Waals surface area contributed by atoms with Gasteiger partial charge in [0.25, 0.3) is 0 Å². The van der Waals surface area contributed by atoms with Crippen molar-refractivity contribution in [1.82, 2.24) is 10.2 Å². The lowest BCUT2D eigenvalue weighted by atomic mass is 9.88. The molecule has 4 nitrogen and oxygen atoms in total. The van der Waals surface area contributed by atoms with Crippen LogP contribution >= 0.6 is 0 Å². The fourth-order valence-corrected chi connectivity index (χ4v) is 4.41. The van der Waals surface area contributed by atoms with Crippen LogP contribution in [0.4, 0.5) is 17.6 Å². The van der Waals surface area contributed by atoms with Gasteiger partial charge in [-0.25, -0.2) is 4.39 Å². The number of piperidine rings is 1. The van der Waals surface area contributed by atoms with Gasteiger partial charge in [0.15, 0.2) is 0 Å². The van der Waals surface area contributed by atoms with Gasteiger partial charge in [-0.2, -0.15) is 13.2 Å². The molecule has 1 saturated heterocycles. The lowest BCUT2D eigenvalue weighted by molar-refractivity contribution is -0.138. The Morgan fingerprint density at radius 2 is 1.77 bits per heavy atom. The predicted octanol–water partition coefficient (Wildman–Crippen LogP) is 3.97. The maximum Gasteiger partial charge on any atom is 0.416 e. The van der Waals surface area contributed by atoms with E-state index in [1.165, 1.54) is 0 Å². The quantitative estimate of drug-likeness (QED) is 0.722. The first-order valence-corrected chi connectivity index (χ1v) is 10.2. The largest absolute Gasteiger partial charge is 0.416 e. The fraction of sp³-hybridized carbons (Fsp3) is 0.636. The number of nitrogens with one attached hydrogen (secondary N) is 1. The van der Waals surface area contributed by atoms with Crippen molar-refractivity contribution in [3.05, 3.63) is 35.1 Å². The highest BCUT2D eigenvalue weighted by Gasteiger charge is 2.57. The van der Waals surface area contributed by atoms with Gasteiger partial charge in [0.1, 0.15) is 11.6 Å². The number of hydrogen-bond acceptors (Lipinski definition) is 3. The summed E-state index contributed by atoms with van der Waals surface area (Å²) in [6.07, 6.45) is -2.56. The third kappa shape index (κ3) is 5.59. The SMILES string of the molecule is CC(C)(C)NC(=O)CN1CCC2(CC1)C[C@H]2C(=O)Cc1cc(F)cc(C(F)(F)F)c1. The van der Waals surface area contributed by atoms with Gasteiger partial charge in [-0.15, -0.1) is 0 Å². The standard InChI is InChI=1S/C22H28F4N2O2/c1-20(2,3)27-19(30)13-28-6-4-21(5-7-28)12-17(21)18(29)10-14-8-15(22(24,25)26)11-16(23)9-14/h8-9,11,17H,4-7,10,12-13H2,1-3H3,(H,27,30)/t17-/m0/s1. The Morgan fingerprint density at radius 1 is 1.13 bits per heavy atom. The highest BCUT2D eigenvalue weighted by molar-refractivity contribution is 5.86. The molecule has 1 aromatic carbocycles. The highest BCUT2D eigenvalue weighted by Crippen LogP contribution is 2.60. The lowest BCUT2D eigenvalue weighted by Gasteiger charge is -2.33. The minimum atomic E-state index is -4.65. The van der Waals surface area contributed by atoms with Crippen molar-refractivity contribution >= 4 is 11.7 Å². The Morgan fingerprint density at radius 3 is 2.33 bits per heavy atom. The molecular weight excluding hydrogens is 400 g/mol.